The third-order valence-electron chi connectivity index (χ3n) is 3.71. The Bertz CT molecular complexity index is 899. The van der Waals surface area contributed by atoms with Crippen molar-refractivity contribution in [3.05, 3.63) is 53.4 Å². The smallest absolute Gasteiger partial charge is 0.433 e. The van der Waals surface area contributed by atoms with E-state index >= 15 is 0 Å². The minimum absolute atomic E-state index is 0.141. The maximum atomic E-state index is 13.1. The Labute approximate surface area is 165 Å². The van der Waals surface area contributed by atoms with Crippen LogP contribution in [0.25, 0.3) is 5.57 Å². The van der Waals surface area contributed by atoms with Crippen LogP contribution in [0.15, 0.2) is 36.6 Å². The minimum atomic E-state index is -4.65. The molecule has 0 unspecified atom stereocenters. The fourth-order valence-electron chi connectivity index (χ4n) is 2.34. The van der Waals surface area contributed by atoms with Crippen LogP contribution in [-0.2, 0) is 27.1 Å². The second-order valence-electron chi connectivity index (χ2n) is 5.99. The molecule has 0 saturated heterocycles. The van der Waals surface area contributed by atoms with Crippen molar-refractivity contribution >= 4 is 17.5 Å². The van der Waals surface area contributed by atoms with Gasteiger partial charge in [-0.05, 0) is 11.1 Å². The summed E-state index contributed by atoms with van der Waals surface area (Å²) in [6, 6.07) is 7.44. The summed E-state index contributed by atoms with van der Waals surface area (Å²) in [4.78, 5) is 20.9. The van der Waals surface area contributed by atoms with Gasteiger partial charge in [0.25, 0.3) is 0 Å². The van der Waals surface area contributed by atoms with Crippen LogP contribution in [0.2, 0.25) is 0 Å². The Morgan fingerprint density at radius 1 is 1.17 bits per heavy atom. The number of methoxy groups -OCH3 is 2. The van der Waals surface area contributed by atoms with Crippen LogP contribution >= 0.6 is 0 Å². The van der Waals surface area contributed by atoms with Crippen LogP contribution < -0.4 is 9.64 Å². The highest BCUT2D eigenvalue weighted by atomic mass is 19.4. The van der Waals surface area contributed by atoms with Gasteiger partial charge in [0.05, 0.1) is 20.5 Å². The third kappa shape index (κ3) is 5.59. The van der Waals surface area contributed by atoms with Gasteiger partial charge in [-0.25, -0.2) is 9.78 Å². The number of nitrogens with zero attached hydrogens (tertiary/aromatic N) is 3. The topological polar surface area (TPSA) is 73.8 Å². The molecule has 29 heavy (non-hydrogen) atoms. The SMILES string of the molecule is COC=C(C(=O)OC)c1ccccc1COc1cc(C(F)(F)F)nc(N(C)C)n1. The first-order chi connectivity index (χ1) is 13.7. The normalized spacial score (nSPS) is 11.8. The van der Waals surface area contributed by atoms with Crippen molar-refractivity contribution in [2.45, 2.75) is 12.8 Å². The van der Waals surface area contributed by atoms with Gasteiger partial charge < -0.3 is 19.1 Å². The molecular formula is C19H20F3N3O4. The molecule has 0 aliphatic carbocycles. The quantitative estimate of drug-likeness (QED) is 0.393. The van der Waals surface area contributed by atoms with E-state index in [0.717, 1.165) is 6.07 Å². The van der Waals surface area contributed by atoms with E-state index in [1.807, 2.05) is 0 Å². The van der Waals surface area contributed by atoms with Gasteiger partial charge in [-0.2, -0.15) is 18.2 Å². The molecule has 1 aromatic heterocycles. The third-order valence-corrected chi connectivity index (χ3v) is 3.71. The number of anilines is 1. The maximum Gasteiger partial charge on any atom is 0.433 e. The number of aromatic nitrogens is 2. The van der Waals surface area contributed by atoms with Crippen LogP contribution in [0.4, 0.5) is 19.1 Å². The van der Waals surface area contributed by atoms with Crippen LogP contribution in [0.3, 0.4) is 0 Å². The molecule has 0 atom stereocenters. The predicted molar refractivity (Wildman–Crippen MR) is 99.1 cm³/mol. The lowest BCUT2D eigenvalue weighted by molar-refractivity contribution is -0.141. The van der Waals surface area contributed by atoms with Crippen LogP contribution in [-0.4, -0.2) is 44.3 Å². The molecule has 0 aliphatic heterocycles. The van der Waals surface area contributed by atoms with Crippen LogP contribution in [0.1, 0.15) is 16.8 Å². The molecule has 156 valence electrons. The summed E-state index contributed by atoms with van der Waals surface area (Å²) in [5.74, 6) is -1.02. The van der Waals surface area contributed by atoms with E-state index in [2.05, 4.69) is 9.97 Å². The molecule has 0 N–H and O–H groups in total. The molecule has 0 radical (unpaired) electrons. The van der Waals surface area contributed by atoms with Crippen LogP contribution in [0.5, 0.6) is 5.88 Å². The highest BCUT2D eigenvalue weighted by molar-refractivity contribution is 6.16. The fourth-order valence-corrected chi connectivity index (χ4v) is 2.34. The van der Waals surface area contributed by atoms with Crippen molar-refractivity contribution in [1.29, 1.82) is 0 Å². The van der Waals surface area contributed by atoms with E-state index < -0.39 is 17.8 Å². The molecule has 0 fully saturated rings. The molecular weight excluding hydrogens is 391 g/mol. The second kappa shape index (κ2) is 9.26. The van der Waals surface area contributed by atoms with Crippen molar-refractivity contribution < 1.29 is 32.2 Å². The number of carbonyl (C=O) groups excluding carboxylic acids is 1. The predicted octanol–water partition coefficient (Wildman–Crippen LogP) is 3.30. The second-order valence-corrected chi connectivity index (χ2v) is 5.99. The Kier molecular flexibility index (Phi) is 7.03. The summed E-state index contributed by atoms with van der Waals surface area (Å²) in [6.45, 7) is -0.143. The number of alkyl halides is 3. The monoisotopic (exact) mass is 411 g/mol. The number of carbonyl (C=O) groups is 1. The van der Waals surface area contributed by atoms with Crippen molar-refractivity contribution in [1.82, 2.24) is 9.97 Å². The van der Waals surface area contributed by atoms with Gasteiger partial charge in [0.1, 0.15) is 12.2 Å². The first kappa shape index (κ1) is 22.0. The van der Waals surface area contributed by atoms with Crippen molar-refractivity contribution in [3.8, 4) is 5.88 Å². The number of hydrogen-bond acceptors (Lipinski definition) is 7. The highest BCUT2D eigenvalue weighted by Crippen LogP contribution is 2.31. The molecule has 2 rings (SSSR count). The molecule has 1 heterocycles. The lowest BCUT2D eigenvalue weighted by Gasteiger charge is -2.16. The summed E-state index contributed by atoms with van der Waals surface area (Å²) in [5, 5.41) is 0. The first-order valence-corrected chi connectivity index (χ1v) is 8.33. The first-order valence-electron chi connectivity index (χ1n) is 8.33. The molecule has 1 aromatic carbocycles. The average molecular weight is 411 g/mol. The number of rotatable bonds is 7. The van der Waals surface area contributed by atoms with Gasteiger partial charge in [-0.15, -0.1) is 0 Å². The highest BCUT2D eigenvalue weighted by Gasteiger charge is 2.34. The van der Waals surface area contributed by atoms with Crippen molar-refractivity contribution in [2.24, 2.45) is 0 Å². The zero-order chi connectivity index (χ0) is 21.6. The largest absolute Gasteiger partial charge is 0.503 e. The Morgan fingerprint density at radius 2 is 1.86 bits per heavy atom. The maximum absolute atomic E-state index is 13.1. The summed E-state index contributed by atoms with van der Waals surface area (Å²) >= 11 is 0. The number of halogens is 3. The van der Waals surface area contributed by atoms with Gasteiger partial charge in [-0.1, -0.05) is 24.3 Å². The van der Waals surface area contributed by atoms with Crippen molar-refractivity contribution in [3.63, 3.8) is 0 Å². The molecule has 2 aromatic rings. The lowest BCUT2D eigenvalue weighted by Crippen LogP contribution is -2.17. The molecule has 0 spiro atoms. The molecule has 0 saturated carbocycles. The van der Waals surface area contributed by atoms with Crippen LogP contribution in [0, 0.1) is 0 Å². The lowest BCUT2D eigenvalue weighted by atomic mass is 10.0. The Morgan fingerprint density at radius 3 is 2.45 bits per heavy atom. The number of ether oxygens (including phenoxy) is 3. The van der Waals surface area contributed by atoms with Gasteiger partial charge >= 0.3 is 12.1 Å². The number of esters is 1. The zero-order valence-electron chi connectivity index (χ0n) is 16.3. The van der Waals surface area contributed by atoms with E-state index in [1.54, 1.807) is 24.3 Å². The van der Waals surface area contributed by atoms with E-state index in [9.17, 15) is 18.0 Å². The van der Waals surface area contributed by atoms with E-state index in [4.69, 9.17) is 14.2 Å². The molecule has 10 heteroatoms. The van der Waals surface area contributed by atoms with Gasteiger partial charge in [-0.3, -0.25) is 0 Å². The van der Waals surface area contributed by atoms with E-state index in [0.29, 0.717) is 11.1 Å². The van der Waals surface area contributed by atoms with Gasteiger partial charge in [0.2, 0.25) is 11.8 Å². The standard InChI is InChI=1S/C19H20F3N3O4/c1-25(2)18-23-15(19(20,21)22)9-16(24-18)29-10-12-7-5-6-8-13(12)14(11-27-3)17(26)28-4/h5-9,11H,10H2,1-4H3. The van der Waals surface area contributed by atoms with Gasteiger partial charge in [0, 0.05) is 20.2 Å². The van der Waals surface area contributed by atoms with Gasteiger partial charge in [0.15, 0.2) is 5.69 Å². The minimum Gasteiger partial charge on any atom is -0.503 e. The summed E-state index contributed by atoms with van der Waals surface area (Å²) in [6.07, 6.45) is -3.43. The molecule has 0 aliphatic rings. The zero-order valence-corrected chi connectivity index (χ0v) is 16.3. The number of benzene rings is 1. The fraction of sp³-hybridized carbons (Fsp3) is 0.316. The average Bonchev–Trinajstić information content (AvgIpc) is 2.69. The summed E-state index contributed by atoms with van der Waals surface area (Å²) < 4.78 is 54.6. The molecule has 0 bridgehead atoms. The Hall–Kier alpha value is -3.30. The summed E-state index contributed by atoms with van der Waals surface area (Å²) in [7, 11) is 5.65. The van der Waals surface area contributed by atoms with Crippen molar-refractivity contribution in [2.75, 3.05) is 33.2 Å². The number of hydrogen-bond donors (Lipinski definition) is 0. The molecule has 7 nitrogen and oxygen atoms in total. The molecule has 0 amide bonds. The Balaban J connectivity index is 2.37. The van der Waals surface area contributed by atoms with E-state index in [1.165, 1.54) is 39.5 Å². The summed E-state index contributed by atoms with van der Waals surface area (Å²) in [5.41, 5.74) is 0.00905. The van der Waals surface area contributed by atoms with E-state index in [-0.39, 0.29) is 24.0 Å².